The van der Waals surface area contributed by atoms with Crippen LogP contribution in [0, 0.1) is 17.0 Å². The maximum atomic E-state index is 11.1. The van der Waals surface area contributed by atoms with E-state index in [9.17, 15) is 10.1 Å². The average Bonchev–Trinajstić information content (AvgIpc) is 2.37. The molecule has 0 aliphatic heterocycles. The number of anilines is 2. The van der Waals surface area contributed by atoms with Crippen LogP contribution < -0.4 is 21.7 Å². The van der Waals surface area contributed by atoms with Gasteiger partial charge in [-0.15, -0.1) is 0 Å². The molecule has 2 rings (SSSR count). The van der Waals surface area contributed by atoms with Crippen LogP contribution in [0.1, 0.15) is 5.56 Å². The second kappa shape index (κ2) is 5.36. The predicted molar refractivity (Wildman–Crippen MR) is 72.2 cm³/mol. The van der Waals surface area contributed by atoms with Crippen LogP contribution in [0.5, 0.6) is 11.6 Å². The SMILES string of the molecule is Cc1cccc(Oc2cc(NN)nc(N)n2)c1[N+](=O)[O-]. The van der Waals surface area contributed by atoms with E-state index in [-0.39, 0.29) is 29.1 Å². The van der Waals surface area contributed by atoms with Crippen LogP contribution in [0.4, 0.5) is 17.5 Å². The molecule has 0 radical (unpaired) electrons. The molecule has 0 bridgehead atoms. The van der Waals surface area contributed by atoms with E-state index in [4.69, 9.17) is 16.3 Å². The van der Waals surface area contributed by atoms with Gasteiger partial charge >= 0.3 is 5.69 Å². The monoisotopic (exact) mass is 276 g/mol. The second-order valence-corrected chi connectivity index (χ2v) is 3.87. The summed E-state index contributed by atoms with van der Waals surface area (Å²) in [7, 11) is 0. The number of rotatable bonds is 4. The molecule has 0 spiro atoms. The molecule has 2 aromatic rings. The Morgan fingerprint density at radius 3 is 2.80 bits per heavy atom. The van der Waals surface area contributed by atoms with Gasteiger partial charge in [-0.25, -0.2) is 5.84 Å². The molecule has 0 saturated heterocycles. The maximum Gasteiger partial charge on any atom is 0.314 e. The number of nitrogens with zero attached hydrogens (tertiary/aromatic N) is 3. The highest BCUT2D eigenvalue weighted by Gasteiger charge is 2.19. The van der Waals surface area contributed by atoms with Gasteiger partial charge in [-0.2, -0.15) is 9.97 Å². The van der Waals surface area contributed by atoms with E-state index >= 15 is 0 Å². The summed E-state index contributed by atoms with van der Waals surface area (Å²) < 4.78 is 5.41. The Bertz CT molecular complexity index is 661. The molecule has 1 aromatic carbocycles. The van der Waals surface area contributed by atoms with Crippen molar-refractivity contribution in [2.75, 3.05) is 11.2 Å². The minimum Gasteiger partial charge on any atom is -0.432 e. The number of ether oxygens (including phenoxy) is 1. The molecule has 0 fully saturated rings. The minimum absolute atomic E-state index is 0.0548. The lowest BCUT2D eigenvalue weighted by molar-refractivity contribution is -0.386. The molecule has 0 atom stereocenters. The third kappa shape index (κ3) is 2.72. The number of nitrogen functional groups attached to an aromatic ring is 2. The quantitative estimate of drug-likeness (QED) is 0.431. The molecule has 0 saturated carbocycles. The number of nitro groups is 1. The lowest BCUT2D eigenvalue weighted by Crippen LogP contribution is -2.10. The van der Waals surface area contributed by atoms with Gasteiger partial charge in [0, 0.05) is 11.6 Å². The topological polar surface area (TPSA) is 142 Å². The zero-order valence-electron chi connectivity index (χ0n) is 10.5. The van der Waals surface area contributed by atoms with Crippen LogP contribution in [-0.4, -0.2) is 14.9 Å². The van der Waals surface area contributed by atoms with E-state index in [2.05, 4.69) is 15.4 Å². The number of nitro benzene ring substituents is 1. The van der Waals surface area contributed by atoms with Crippen molar-refractivity contribution < 1.29 is 9.66 Å². The zero-order valence-corrected chi connectivity index (χ0v) is 10.5. The van der Waals surface area contributed by atoms with Gasteiger partial charge < -0.3 is 15.9 Å². The summed E-state index contributed by atoms with van der Waals surface area (Å²) in [5.74, 6) is 5.52. The number of hydrogen-bond donors (Lipinski definition) is 3. The molecule has 104 valence electrons. The highest BCUT2D eigenvalue weighted by atomic mass is 16.6. The predicted octanol–water partition coefficient (Wildman–Crippen LogP) is 1.35. The van der Waals surface area contributed by atoms with Gasteiger partial charge in [0.05, 0.1) is 4.92 Å². The number of hydrazine groups is 1. The first-order valence-corrected chi connectivity index (χ1v) is 5.54. The third-order valence-electron chi connectivity index (χ3n) is 2.47. The Balaban J connectivity index is 2.42. The molecule has 5 N–H and O–H groups in total. The number of para-hydroxylation sites is 1. The van der Waals surface area contributed by atoms with Crippen molar-refractivity contribution in [3.63, 3.8) is 0 Å². The van der Waals surface area contributed by atoms with Gasteiger partial charge in [0.1, 0.15) is 5.82 Å². The summed E-state index contributed by atoms with van der Waals surface area (Å²) in [5.41, 5.74) is 8.13. The smallest absolute Gasteiger partial charge is 0.314 e. The van der Waals surface area contributed by atoms with E-state index < -0.39 is 4.92 Å². The molecule has 1 aromatic heterocycles. The molecular weight excluding hydrogens is 264 g/mol. The Morgan fingerprint density at radius 1 is 1.40 bits per heavy atom. The minimum atomic E-state index is -0.517. The molecule has 20 heavy (non-hydrogen) atoms. The van der Waals surface area contributed by atoms with Gasteiger partial charge in [-0.3, -0.25) is 10.1 Å². The number of nitrogens with one attached hydrogen (secondary N) is 1. The standard InChI is InChI=1S/C11H12N6O3/c1-6-3-2-4-7(10(6)17(18)19)20-9-5-8(16-13)14-11(12)15-9/h2-5H,13H2,1H3,(H3,12,14,15,16). The van der Waals surface area contributed by atoms with Crippen molar-refractivity contribution in [2.45, 2.75) is 6.92 Å². The van der Waals surface area contributed by atoms with Crippen LogP contribution in [0.25, 0.3) is 0 Å². The largest absolute Gasteiger partial charge is 0.432 e. The van der Waals surface area contributed by atoms with E-state index in [1.165, 1.54) is 12.1 Å². The number of nitrogens with two attached hydrogens (primary N) is 2. The van der Waals surface area contributed by atoms with Crippen molar-refractivity contribution in [3.8, 4) is 11.6 Å². The van der Waals surface area contributed by atoms with Crippen molar-refractivity contribution in [3.05, 3.63) is 39.9 Å². The van der Waals surface area contributed by atoms with Crippen LogP contribution in [-0.2, 0) is 0 Å². The molecule has 0 aliphatic rings. The first-order valence-electron chi connectivity index (χ1n) is 5.54. The van der Waals surface area contributed by atoms with Gasteiger partial charge in [0.2, 0.25) is 17.6 Å². The van der Waals surface area contributed by atoms with Gasteiger partial charge in [0.15, 0.2) is 0 Å². The summed E-state index contributed by atoms with van der Waals surface area (Å²) in [6.45, 7) is 1.62. The van der Waals surface area contributed by atoms with Crippen LogP contribution >= 0.6 is 0 Å². The van der Waals surface area contributed by atoms with E-state index in [1.54, 1.807) is 19.1 Å². The molecule has 0 unspecified atom stereocenters. The Hall–Kier alpha value is -2.94. The summed E-state index contributed by atoms with van der Waals surface area (Å²) in [6.07, 6.45) is 0. The van der Waals surface area contributed by atoms with E-state index in [0.29, 0.717) is 5.56 Å². The normalized spacial score (nSPS) is 10.1. The number of hydrogen-bond acceptors (Lipinski definition) is 8. The van der Waals surface area contributed by atoms with Crippen molar-refractivity contribution in [2.24, 2.45) is 5.84 Å². The molecule has 0 amide bonds. The van der Waals surface area contributed by atoms with Gasteiger partial charge in [-0.05, 0) is 13.0 Å². The van der Waals surface area contributed by atoms with Gasteiger partial charge in [0.25, 0.3) is 0 Å². The fourth-order valence-electron chi connectivity index (χ4n) is 1.63. The molecule has 9 nitrogen and oxygen atoms in total. The van der Waals surface area contributed by atoms with Gasteiger partial charge in [-0.1, -0.05) is 12.1 Å². The highest BCUT2D eigenvalue weighted by molar-refractivity contribution is 5.54. The van der Waals surface area contributed by atoms with E-state index in [1.807, 2.05) is 0 Å². The summed E-state index contributed by atoms with van der Waals surface area (Å²) in [5, 5.41) is 11.1. The second-order valence-electron chi connectivity index (χ2n) is 3.87. The molecule has 0 aliphatic carbocycles. The van der Waals surface area contributed by atoms with E-state index in [0.717, 1.165) is 0 Å². The summed E-state index contributed by atoms with van der Waals surface area (Å²) in [4.78, 5) is 18.2. The number of aryl methyl sites for hydroxylation is 1. The number of benzene rings is 1. The first kappa shape index (κ1) is 13.5. The maximum absolute atomic E-state index is 11.1. The first-order chi connectivity index (χ1) is 9.51. The number of aromatic nitrogens is 2. The Kier molecular flexibility index (Phi) is 3.62. The zero-order chi connectivity index (χ0) is 14.7. The summed E-state index contributed by atoms with van der Waals surface area (Å²) >= 11 is 0. The van der Waals surface area contributed by atoms with Crippen LogP contribution in [0.3, 0.4) is 0 Å². The van der Waals surface area contributed by atoms with Crippen LogP contribution in [0.15, 0.2) is 24.3 Å². The lowest BCUT2D eigenvalue weighted by atomic mass is 10.2. The molecular formula is C11H12N6O3. The summed E-state index contributed by atoms with van der Waals surface area (Å²) in [6, 6.07) is 6.11. The lowest BCUT2D eigenvalue weighted by Gasteiger charge is -2.08. The Morgan fingerprint density at radius 2 is 2.15 bits per heavy atom. The van der Waals surface area contributed by atoms with Crippen molar-refractivity contribution in [1.29, 1.82) is 0 Å². The third-order valence-corrected chi connectivity index (χ3v) is 2.47. The van der Waals surface area contributed by atoms with Crippen molar-refractivity contribution >= 4 is 17.5 Å². The highest BCUT2D eigenvalue weighted by Crippen LogP contribution is 2.33. The fraction of sp³-hybridized carbons (Fsp3) is 0.0909. The fourth-order valence-corrected chi connectivity index (χ4v) is 1.63. The van der Waals surface area contributed by atoms with Crippen LogP contribution in [0.2, 0.25) is 0 Å². The molecule has 1 heterocycles. The average molecular weight is 276 g/mol. The Labute approximate surface area is 113 Å². The van der Waals surface area contributed by atoms with Crippen molar-refractivity contribution in [1.82, 2.24) is 9.97 Å². The molecule has 9 heteroatoms.